The van der Waals surface area contributed by atoms with E-state index in [0.29, 0.717) is 5.82 Å². The van der Waals surface area contributed by atoms with Crippen molar-refractivity contribution < 1.29 is 4.42 Å². The molecule has 0 fully saturated rings. The molecule has 0 aliphatic heterocycles. The quantitative estimate of drug-likeness (QED) is 0.653. The molecule has 0 spiro atoms. The van der Waals surface area contributed by atoms with Gasteiger partial charge in [0.15, 0.2) is 5.76 Å². The van der Waals surface area contributed by atoms with Gasteiger partial charge < -0.3 is 10.2 Å². The Labute approximate surface area is 92.1 Å². The zero-order chi connectivity index (χ0) is 11.1. The highest BCUT2D eigenvalue weighted by Crippen LogP contribution is 2.27. The fourth-order valence-electron chi connectivity index (χ4n) is 1.73. The number of nitrogen functional groups attached to an aromatic ring is 1. The number of nitrogens with zero attached hydrogens (tertiary/aromatic N) is 1. The van der Waals surface area contributed by atoms with Crippen LogP contribution in [0.4, 0.5) is 5.82 Å². The van der Waals surface area contributed by atoms with Gasteiger partial charge in [-0.25, -0.2) is 0 Å². The number of hydrogen-bond donors (Lipinski definition) is 2. The molecule has 0 amide bonds. The summed E-state index contributed by atoms with van der Waals surface area (Å²) in [5.74, 6) is 1.22. The molecule has 3 aromatic rings. The van der Waals surface area contributed by atoms with Gasteiger partial charge >= 0.3 is 0 Å². The Morgan fingerprint density at radius 1 is 1.25 bits per heavy atom. The van der Waals surface area contributed by atoms with E-state index in [2.05, 4.69) is 16.3 Å². The van der Waals surface area contributed by atoms with E-state index in [1.807, 2.05) is 25.1 Å². The second-order valence-corrected chi connectivity index (χ2v) is 3.86. The summed E-state index contributed by atoms with van der Waals surface area (Å²) in [6.07, 6.45) is 0. The predicted molar refractivity (Wildman–Crippen MR) is 62.9 cm³/mol. The maximum Gasteiger partial charge on any atom is 0.153 e. The van der Waals surface area contributed by atoms with Gasteiger partial charge in [0.1, 0.15) is 17.1 Å². The largest absolute Gasteiger partial charge is 0.454 e. The molecule has 1 aromatic carbocycles. The highest BCUT2D eigenvalue weighted by Gasteiger charge is 2.08. The van der Waals surface area contributed by atoms with E-state index < -0.39 is 0 Å². The molecule has 3 N–H and O–H groups in total. The first kappa shape index (κ1) is 9.03. The summed E-state index contributed by atoms with van der Waals surface area (Å²) in [5.41, 5.74) is 8.40. The van der Waals surface area contributed by atoms with Crippen LogP contribution >= 0.6 is 0 Å². The molecule has 2 aromatic heterocycles. The molecule has 0 atom stereocenters. The fourth-order valence-corrected chi connectivity index (χ4v) is 1.73. The minimum Gasteiger partial charge on any atom is -0.454 e. The minimum absolute atomic E-state index is 0.464. The number of rotatable bonds is 1. The van der Waals surface area contributed by atoms with Crippen LogP contribution in [0.25, 0.3) is 22.4 Å². The van der Waals surface area contributed by atoms with Crippen molar-refractivity contribution in [3.05, 3.63) is 35.9 Å². The lowest BCUT2D eigenvalue weighted by Crippen LogP contribution is -1.81. The molecule has 80 valence electrons. The predicted octanol–water partition coefficient (Wildman–Crippen LogP) is 2.71. The molecule has 0 radical (unpaired) electrons. The Kier molecular flexibility index (Phi) is 1.77. The van der Waals surface area contributed by atoms with Crippen molar-refractivity contribution in [3.63, 3.8) is 0 Å². The second kappa shape index (κ2) is 3.13. The van der Waals surface area contributed by atoms with E-state index in [1.54, 1.807) is 6.07 Å². The van der Waals surface area contributed by atoms with E-state index in [1.165, 1.54) is 5.56 Å². The molecule has 0 aliphatic rings. The normalized spacial score (nSPS) is 11.1. The third-order valence-electron chi connectivity index (χ3n) is 2.54. The first-order chi connectivity index (χ1) is 7.72. The Morgan fingerprint density at radius 3 is 2.88 bits per heavy atom. The molecule has 16 heavy (non-hydrogen) atoms. The van der Waals surface area contributed by atoms with Crippen LogP contribution in [0.1, 0.15) is 5.56 Å². The van der Waals surface area contributed by atoms with Gasteiger partial charge in [0.25, 0.3) is 0 Å². The maximum atomic E-state index is 5.72. The number of anilines is 1. The van der Waals surface area contributed by atoms with Crippen LogP contribution < -0.4 is 5.73 Å². The first-order valence-corrected chi connectivity index (χ1v) is 5.04. The Morgan fingerprint density at radius 2 is 2.12 bits per heavy atom. The highest BCUT2D eigenvalue weighted by atomic mass is 16.3. The molecule has 3 rings (SSSR count). The molecule has 0 saturated carbocycles. The fraction of sp³-hybridized carbons (Fsp3) is 0.0833. The van der Waals surface area contributed by atoms with Crippen molar-refractivity contribution >= 4 is 16.8 Å². The number of H-pyrrole nitrogens is 1. The van der Waals surface area contributed by atoms with Crippen LogP contribution in [0.15, 0.2) is 34.7 Å². The van der Waals surface area contributed by atoms with E-state index in [9.17, 15) is 0 Å². The van der Waals surface area contributed by atoms with Crippen molar-refractivity contribution in [2.75, 3.05) is 5.73 Å². The number of aromatic amines is 1. The molecule has 0 aliphatic carbocycles. The number of hydrogen-bond acceptors (Lipinski definition) is 3. The number of aromatic nitrogens is 2. The lowest BCUT2D eigenvalue weighted by Gasteiger charge is -1.90. The van der Waals surface area contributed by atoms with Crippen LogP contribution in [-0.4, -0.2) is 10.2 Å². The lowest BCUT2D eigenvalue weighted by atomic mass is 10.2. The molecular weight excluding hydrogens is 202 g/mol. The summed E-state index contributed by atoms with van der Waals surface area (Å²) < 4.78 is 5.72. The van der Waals surface area contributed by atoms with Crippen molar-refractivity contribution in [1.29, 1.82) is 0 Å². The SMILES string of the molecule is Cc1ccc2cc(-c3cc(N)n[nH]3)oc2c1. The number of nitrogens with two attached hydrogens (primary N) is 1. The molecule has 0 saturated heterocycles. The monoisotopic (exact) mass is 213 g/mol. The number of fused-ring (bicyclic) bond motifs is 1. The van der Waals surface area contributed by atoms with Crippen molar-refractivity contribution in [2.45, 2.75) is 6.92 Å². The van der Waals surface area contributed by atoms with Crippen LogP contribution in [0, 0.1) is 6.92 Å². The molecule has 2 heterocycles. The summed E-state index contributed by atoms with van der Waals surface area (Å²) in [6.45, 7) is 2.04. The lowest BCUT2D eigenvalue weighted by molar-refractivity contribution is 0.628. The average Bonchev–Trinajstić information content (AvgIpc) is 2.83. The standard InChI is InChI=1S/C12H11N3O/c1-7-2-3-8-5-11(16-10(8)4-7)9-6-12(13)15-14-9/h2-6H,1H3,(H3,13,14,15). The highest BCUT2D eigenvalue weighted by molar-refractivity contribution is 5.82. The van der Waals surface area contributed by atoms with Gasteiger partial charge in [-0.05, 0) is 24.6 Å². The van der Waals surface area contributed by atoms with Crippen LogP contribution in [0.5, 0.6) is 0 Å². The summed E-state index contributed by atoms with van der Waals surface area (Å²) in [4.78, 5) is 0. The summed E-state index contributed by atoms with van der Waals surface area (Å²) in [5, 5.41) is 7.78. The van der Waals surface area contributed by atoms with Gasteiger partial charge in [-0.3, -0.25) is 5.10 Å². The summed E-state index contributed by atoms with van der Waals surface area (Å²) in [6, 6.07) is 9.84. The van der Waals surface area contributed by atoms with Crippen LogP contribution in [0.3, 0.4) is 0 Å². The average molecular weight is 213 g/mol. The van der Waals surface area contributed by atoms with Gasteiger partial charge in [0.05, 0.1) is 0 Å². The first-order valence-electron chi connectivity index (χ1n) is 5.04. The van der Waals surface area contributed by atoms with Crippen LogP contribution in [0.2, 0.25) is 0 Å². The second-order valence-electron chi connectivity index (χ2n) is 3.86. The molecule has 0 bridgehead atoms. The summed E-state index contributed by atoms with van der Waals surface area (Å²) >= 11 is 0. The zero-order valence-electron chi connectivity index (χ0n) is 8.82. The zero-order valence-corrected chi connectivity index (χ0v) is 8.82. The smallest absolute Gasteiger partial charge is 0.153 e. The van der Waals surface area contributed by atoms with E-state index in [-0.39, 0.29) is 0 Å². The Bertz CT molecular complexity index is 651. The van der Waals surface area contributed by atoms with E-state index >= 15 is 0 Å². The van der Waals surface area contributed by atoms with Gasteiger partial charge in [-0.15, -0.1) is 0 Å². The van der Waals surface area contributed by atoms with E-state index in [0.717, 1.165) is 22.4 Å². The topological polar surface area (TPSA) is 67.8 Å². The van der Waals surface area contributed by atoms with Gasteiger partial charge in [0.2, 0.25) is 0 Å². The Hall–Kier alpha value is -2.23. The molecule has 4 heteroatoms. The van der Waals surface area contributed by atoms with Crippen molar-refractivity contribution in [2.24, 2.45) is 0 Å². The third-order valence-corrected chi connectivity index (χ3v) is 2.54. The van der Waals surface area contributed by atoms with Crippen molar-refractivity contribution in [3.8, 4) is 11.5 Å². The minimum atomic E-state index is 0.464. The number of benzene rings is 1. The molecule has 4 nitrogen and oxygen atoms in total. The molecular formula is C12H11N3O. The number of nitrogens with one attached hydrogen (secondary N) is 1. The van der Waals surface area contributed by atoms with Gasteiger partial charge in [-0.1, -0.05) is 12.1 Å². The summed E-state index contributed by atoms with van der Waals surface area (Å²) in [7, 11) is 0. The van der Waals surface area contributed by atoms with Crippen molar-refractivity contribution in [1.82, 2.24) is 10.2 Å². The number of aryl methyl sites for hydroxylation is 1. The van der Waals surface area contributed by atoms with E-state index in [4.69, 9.17) is 10.2 Å². The number of furan rings is 1. The maximum absolute atomic E-state index is 5.72. The van der Waals surface area contributed by atoms with Crippen LogP contribution in [-0.2, 0) is 0 Å². The van der Waals surface area contributed by atoms with Gasteiger partial charge in [0, 0.05) is 11.5 Å². The molecule has 0 unspecified atom stereocenters. The third kappa shape index (κ3) is 1.35. The Balaban J connectivity index is 2.18. The van der Waals surface area contributed by atoms with Gasteiger partial charge in [-0.2, -0.15) is 5.10 Å².